The summed E-state index contributed by atoms with van der Waals surface area (Å²) in [5.41, 5.74) is 2.63. The van der Waals surface area contributed by atoms with Crippen molar-refractivity contribution in [2.45, 2.75) is 39.3 Å². The van der Waals surface area contributed by atoms with Crippen LogP contribution in [-0.2, 0) is 11.3 Å². The highest BCUT2D eigenvalue weighted by molar-refractivity contribution is 5.94. The Morgan fingerprint density at radius 2 is 2.20 bits per heavy atom. The van der Waals surface area contributed by atoms with E-state index in [1.165, 1.54) is 6.26 Å². The molecule has 0 unspecified atom stereocenters. The number of nitrogen functional groups attached to an aromatic ring is 1. The monoisotopic (exact) mass is 283 g/mol. The predicted octanol–water partition coefficient (Wildman–Crippen LogP) is 1.52. The molecular weight excluding hydrogens is 258 g/mol. The lowest BCUT2D eigenvalue weighted by Crippen LogP contribution is -2.37. The van der Waals surface area contributed by atoms with E-state index in [0.717, 1.165) is 19.4 Å². The average Bonchev–Trinajstić information content (AvgIpc) is 2.93. The quantitative estimate of drug-likeness (QED) is 0.408. The van der Waals surface area contributed by atoms with Crippen LogP contribution in [0.15, 0.2) is 16.7 Å². The molecule has 0 saturated carbocycles. The van der Waals surface area contributed by atoms with Crippen LogP contribution in [0, 0.1) is 0 Å². The lowest BCUT2D eigenvalue weighted by Gasteiger charge is -2.29. The first-order chi connectivity index (χ1) is 9.67. The highest BCUT2D eigenvalue weighted by Crippen LogP contribution is 2.17. The first-order valence-electron chi connectivity index (χ1n) is 6.98. The zero-order chi connectivity index (χ0) is 15.0. The molecule has 0 aliphatic heterocycles. The van der Waals surface area contributed by atoms with E-state index in [9.17, 15) is 4.79 Å². The number of amides is 1. The lowest BCUT2D eigenvalue weighted by molar-refractivity contribution is 0.0934. The van der Waals surface area contributed by atoms with Crippen molar-refractivity contribution >= 4 is 5.91 Å². The van der Waals surface area contributed by atoms with E-state index in [1.807, 2.05) is 0 Å². The number of rotatable bonds is 9. The summed E-state index contributed by atoms with van der Waals surface area (Å²) in [5.74, 6) is 5.49. The van der Waals surface area contributed by atoms with E-state index in [-0.39, 0.29) is 5.91 Å². The van der Waals surface area contributed by atoms with Crippen LogP contribution >= 0.6 is 0 Å². The third-order valence-corrected chi connectivity index (χ3v) is 3.51. The third kappa shape index (κ3) is 4.33. The Balaban J connectivity index is 2.83. The van der Waals surface area contributed by atoms with Crippen molar-refractivity contribution in [3.05, 3.63) is 23.7 Å². The smallest absolute Gasteiger partial charge is 0.268 e. The van der Waals surface area contributed by atoms with E-state index in [2.05, 4.69) is 24.2 Å². The van der Waals surface area contributed by atoms with Gasteiger partial charge < -0.3 is 9.15 Å². The van der Waals surface area contributed by atoms with E-state index >= 15 is 0 Å². The van der Waals surface area contributed by atoms with Gasteiger partial charge in [0.15, 0.2) is 0 Å². The van der Waals surface area contributed by atoms with Crippen molar-refractivity contribution in [2.75, 3.05) is 20.3 Å². The molecule has 0 aliphatic carbocycles. The van der Waals surface area contributed by atoms with Crippen LogP contribution in [0.5, 0.6) is 0 Å². The van der Waals surface area contributed by atoms with Crippen molar-refractivity contribution in [1.29, 1.82) is 0 Å². The van der Waals surface area contributed by atoms with E-state index in [4.69, 9.17) is 15.0 Å². The second-order valence-electron chi connectivity index (χ2n) is 4.66. The second-order valence-corrected chi connectivity index (χ2v) is 4.66. The summed E-state index contributed by atoms with van der Waals surface area (Å²) in [7, 11) is 1.69. The zero-order valence-corrected chi connectivity index (χ0v) is 12.5. The lowest BCUT2D eigenvalue weighted by atomic mass is 10.1. The van der Waals surface area contributed by atoms with Crippen LogP contribution in [-0.4, -0.2) is 37.1 Å². The molecule has 1 aromatic heterocycles. The minimum Gasteiger partial charge on any atom is -0.467 e. The summed E-state index contributed by atoms with van der Waals surface area (Å²) in [4.78, 5) is 13.9. The van der Waals surface area contributed by atoms with Gasteiger partial charge in [-0.1, -0.05) is 13.8 Å². The number of nitrogens with two attached hydrogens (primary N) is 1. The minimum absolute atomic E-state index is 0.329. The largest absolute Gasteiger partial charge is 0.467 e. The molecule has 0 bridgehead atoms. The van der Waals surface area contributed by atoms with Crippen LogP contribution in [0.25, 0.3) is 0 Å². The molecule has 0 aliphatic rings. The second kappa shape index (κ2) is 8.73. The zero-order valence-electron chi connectivity index (χ0n) is 12.5. The molecule has 0 aromatic carbocycles. The fourth-order valence-electron chi connectivity index (χ4n) is 2.33. The van der Waals surface area contributed by atoms with Crippen molar-refractivity contribution < 1.29 is 13.9 Å². The Morgan fingerprint density at radius 1 is 1.50 bits per heavy atom. The Morgan fingerprint density at radius 3 is 2.75 bits per heavy atom. The SMILES string of the molecule is CCC(CC)N(CCOC)Cc1occc1C(=O)NN. The molecule has 0 fully saturated rings. The molecule has 0 radical (unpaired) electrons. The van der Waals surface area contributed by atoms with Gasteiger partial charge in [0.25, 0.3) is 5.91 Å². The van der Waals surface area contributed by atoms with Crippen LogP contribution < -0.4 is 11.3 Å². The Hall–Kier alpha value is -1.37. The number of hydrazine groups is 1. The molecule has 1 rings (SSSR count). The molecule has 20 heavy (non-hydrogen) atoms. The van der Waals surface area contributed by atoms with Gasteiger partial charge in [-0.05, 0) is 18.9 Å². The topological polar surface area (TPSA) is 80.7 Å². The van der Waals surface area contributed by atoms with Gasteiger partial charge in [0.1, 0.15) is 5.76 Å². The molecular formula is C14H25N3O3. The van der Waals surface area contributed by atoms with E-state index in [1.54, 1.807) is 13.2 Å². The van der Waals surface area contributed by atoms with E-state index < -0.39 is 0 Å². The van der Waals surface area contributed by atoms with Crippen LogP contribution in [0.4, 0.5) is 0 Å². The molecule has 1 amide bonds. The van der Waals surface area contributed by atoms with Gasteiger partial charge >= 0.3 is 0 Å². The first kappa shape index (κ1) is 16.7. The molecule has 6 nitrogen and oxygen atoms in total. The van der Waals surface area contributed by atoms with Crippen LogP contribution in [0.1, 0.15) is 42.8 Å². The molecule has 1 aromatic rings. The van der Waals surface area contributed by atoms with Gasteiger partial charge in [-0.15, -0.1) is 0 Å². The number of nitrogens with one attached hydrogen (secondary N) is 1. The molecule has 0 atom stereocenters. The van der Waals surface area contributed by atoms with Crippen molar-refractivity contribution in [1.82, 2.24) is 10.3 Å². The molecule has 3 N–H and O–H groups in total. The number of furan rings is 1. The highest BCUT2D eigenvalue weighted by Gasteiger charge is 2.20. The third-order valence-electron chi connectivity index (χ3n) is 3.51. The predicted molar refractivity (Wildman–Crippen MR) is 77.0 cm³/mol. The van der Waals surface area contributed by atoms with Gasteiger partial charge in [0.05, 0.1) is 25.0 Å². The first-order valence-corrected chi connectivity index (χ1v) is 6.98. The summed E-state index contributed by atoms with van der Waals surface area (Å²) in [6.07, 6.45) is 3.60. The summed E-state index contributed by atoms with van der Waals surface area (Å²) in [6, 6.07) is 2.07. The van der Waals surface area contributed by atoms with Gasteiger partial charge in [-0.3, -0.25) is 15.1 Å². The summed E-state index contributed by atoms with van der Waals surface area (Å²) in [5, 5.41) is 0. The Kier molecular flexibility index (Phi) is 7.28. The fraction of sp³-hybridized carbons (Fsp3) is 0.643. The van der Waals surface area contributed by atoms with Gasteiger partial charge in [-0.25, -0.2) is 5.84 Å². The van der Waals surface area contributed by atoms with Crippen molar-refractivity contribution in [2.24, 2.45) is 5.84 Å². The van der Waals surface area contributed by atoms with Crippen LogP contribution in [0.2, 0.25) is 0 Å². The maximum atomic E-state index is 11.7. The van der Waals surface area contributed by atoms with Gasteiger partial charge in [-0.2, -0.15) is 0 Å². The molecule has 1 heterocycles. The number of hydrogen-bond acceptors (Lipinski definition) is 5. The maximum absolute atomic E-state index is 11.7. The number of nitrogens with zero attached hydrogens (tertiary/aromatic N) is 1. The normalized spacial score (nSPS) is 11.3. The average molecular weight is 283 g/mol. The number of hydrogen-bond donors (Lipinski definition) is 2. The number of methoxy groups -OCH3 is 1. The van der Waals surface area contributed by atoms with E-state index in [0.29, 0.717) is 30.5 Å². The Labute approximate surface area is 120 Å². The maximum Gasteiger partial charge on any atom is 0.268 e. The van der Waals surface area contributed by atoms with Crippen LogP contribution in [0.3, 0.4) is 0 Å². The minimum atomic E-state index is -0.329. The van der Waals surface area contributed by atoms with Crippen molar-refractivity contribution in [3.8, 4) is 0 Å². The fourth-order valence-corrected chi connectivity index (χ4v) is 2.33. The van der Waals surface area contributed by atoms with Gasteiger partial charge in [0, 0.05) is 19.7 Å². The highest BCUT2D eigenvalue weighted by atomic mass is 16.5. The summed E-state index contributed by atoms with van der Waals surface area (Å²) < 4.78 is 10.6. The number of ether oxygens (including phenoxy) is 1. The Bertz CT molecular complexity index is 402. The standard InChI is InChI=1S/C14H25N3O3/c1-4-11(5-2)17(7-9-19-3)10-13-12(6-8-20-13)14(18)16-15/h6,8,11H,4-5,7,9-10,15H2,1-3H3,(H,16,18). The molecule has 0 saturated heterocycles. The summed E-state index contributed by atoms with van der Waals surface area (Å²) in [6.45, 7) is 6.33. The number of carbonyl (C=O) groups excluding carboxylic acids is 1. The summed E-state index contributed by atoms with van der Waals surface area (Å²) >= 11 is 0. The number of carbonyl (C=O) groups is 1. The molecule has 0 spiro atoms. The van der Waals surface area contributed by atoms with Gasteiger partial charge in [0.2, 0.25) is 0 Å². The molecule has 6 heteroatoms. The molecule has 114 valence electrons. The van der Waals surface area contributed by atoms with Crippen molar-refractivity contribution in [3.63, 3.8) is 0 Å².